The molecule has 9 nitrogen and oxygen atoms in total. The van der Waals surface area contributed by atoms with Crippen LogP contribution < -0.4 is 10.1 Å². The molecule has 0 saturated heterocycles. The number of benzene rings is 1. The summed E-state index contributed by atoms with van der Waals surface area (Å²) in [5.41, 5.74) is 1.57. The van der Waals surface area contributed by atoms with Crippen LogP contribution in [-0.2, 0) is 19.5 Å². The summed E-state index contributed by atoms with van der Waals surface area (Å²) in [4.78, 5) is 15.0. The molecule has 33 heavy (non-hydrogen) atoms. The van der Waals surface area contributed by atoms with Gasteiger partial charge < -0.3 is 24.1 Å². The lowest BCUT2D eigenvalue weighted by atomic mass is 10.0. The van der Waals surface area contributed by atoms with E-state index in [2.05, 4.69) is 38.8 Å². The lowest BCUT2D eigenvalue weighted by Gasteiger charge is -2.23. The van der Waals surface area contributed by atoms with E-state index in [1.165, 1.54) is 12.5 Å². The van der Waals surface area contributed by atoms with E-state index in [0.29, 0.717) is 17.9 Å². The Labute approximate surface area is 193 Å². The number of nitrogens with one attached hydrogen (secondary N) is 1. The molecule has 3 heterocycles. The molecular formula is C24H31N5O4. The summed E-state index contributed by atoms with van der Waals surface area (Å²) in [7, 11) is 0. The predicted molar refractivity (Wildman–Crippen MR) is 122 cm³/mol. The Hall–Kier alpha value is -3.33. The number of amides is 1. The van der Waals surface area contributed by atoms with Crippen molar-refractivity contribution in [2.24, 2.45) is 5.92 Å². The molecule has 0 spiro atoms. The van der Waals surface area contributed by atoms with E-state index in [1.54, 1.807) is 12.1 Å². The topological polar surface area (TPSA) is 106 Å². The van der Waals surface area contributed by atoms with Crippen molar-refractivity contribution >= 4 is 5.91 Å². The van der Waals surface area contributed by atoms with Crippen molar-refractivity contribution in [1.29, 1.82) is 0 Å². The van der Waals surface area contributed by atoms with Crippen LogP contribution in [0.3, 0.4) is 0 Å². The number of furan rings is 1. The average molecular weight is 454 g/mol. The molecule has 2 N–H and O–H groups in total. The summed E-state index contributed by atoms with van der Waals surface area (Å²) in [6.45, 7) is 9.68. The molecule has 1 aliphatic heterocycles. The van der Waals surface area contributed by atoms with Crippen LogP contribution in [0.1, 0.15) is 54.4 Å². The largest absolute Gasteiger partial charge is 0.504 e. The summed E-state index contributed by atoms with van der Waals surface area (Å²) in [6.07, 6.45) is 3.70. The smallest absolute Gasteiger partial charge is 0.255 e. The fourth-order valence-electron chi connectivity index (χ4n) is 4.11. The molecule has 1 aromatic carbocycles. The van der Waals surface area contributed by atoms with Gasteiger partial charge in [-0.3, -0.25) is 9.69 Å². The number of aromatic nitrogens is 3. The monoisotopic (exact) mass is 453 g/mol. The number of hydrogen-bond acceptors (Lipinski definition) is 7. The minimum Gasteiger partial charge on any atom is -0.504 e. The molecule has 1 amide bonds. The van der Waals surface area contributed by atoms with Gasteiger partial charge in [0.2, 0.25) is 0 Å². The van der Waals surface area contributed by atoms with E-state index in [9.17, 15) is 9.90 Å². The summed E-state index contributed by atoms with van der Waals surface area (Å²) in [6, 6.07) is 6.89. The number of fused-ring (bicyclic) bond motifs is 1. The highest BCUT2D eigenvalue weighted by molar-refractivity contribution is 5.94. The van der Waals surface area contributed by atoms with Gasteiger partial charge >= 0.3 is 0 Å². The Morgan fingerprint density at radius 3 is 2.82 bits per heavy atom. The van der Waals surface area contributed by atoms with Gasteiger partial charge in [0.05, 0.1) is 24.5 Å². The number of phenolic OH excluding ortho intramolecular Hbond substituents is 1. The van der Waals surface area contributed by atoms with Crippen LogP contribution in [0.2, 0.25) is 0 Å². The minimum atomic E-state index is -0.258. The van der Waals surface area contributed by atoms with Gasteiger partial charge in [0, 0.05) is 32.6 Å². The Morgan fingerprint density at radius 2 is 2.09 bits per heavy atom. The Kier molecular flexibility index (Phi) is 6.98. The van der Waals surface area contributed by atoms with Crippen molar-refractivity contribution in [2.45, 2.75) is 46.3 Å². The first-order valence-corrected chi connectivity index (χ1v) is 11.4. The van der Waals surface area contributed by atoms with Crippen molar-refractivity contribution < 1.29 is 19.1 Å². The Morgan fingerprint density at radius 1 is 1.24 bits per heavy atom. The van der Waals surface area contributed by atoms with Crippen LogP contribution in [0, 0.1) is 5.92 Å². The number of aromatic hydroxyl groups is 1. The van der Waals surface area contributed by atoms with E-state index in [0.717, 1.165) is 49.8 Å². The van der Waals surface area contributed by atoms with E-state index >= 15 is 0 Å². The van der Waals surface area contributed by atoms with Crippen LogP contribution >= 0.6 is 0 Å². The van der Waals surface area contributed by atoms with Crippen LogP contribution in [0.5, 0.6) is 11.5 Å². The minimum absolute atomic E-state index is 0.141. The lowest BCUT2D eigenvalue weighted by molar-refractivity contribution is 0.0921. The molecule has 0 aliphatic carbocycles. The van der Waals surface area contributed by atoms with Crippen LogP contribution in [0.15, 0.2) is 41.2 Å². The summed E-state index contributed by atoms with van der Waals surface area (Å²) < 4.78 is 12.7. The number of ether oxygens (including phenoxy) is 1. The highest BCUT2D eigenvalue weighted by Crippen LogP contribution is 2.28. The first-order chi connectivity index (χ1) is 16.0. The Bertz CT molecular complexity index is 1080. The van der Waals surface area contributed by atoms with Gasteiger partial charge in [-0.15, -0.1) is 10.2 Å². The van der Waals surface area contributed by atoms with Gasteiger partial charge in [0.25, 0.3) is 5.91 Å². The summed E-state index contributed by atoms with van der Waals surface area (Å²) >= 11 is 0. The van der Waals surface area contributed by atoms with E-state index in [4.69, 9.17) is 9.15 Å². The van der Waals surface area contributed by atoms with Crippen molar-refractivity contribution in [2.75, 3.05) is 19.7 Å². The number of hydrogen-bond donors (Lipinski definition) is 2. The second-order valence-electron chi connectivity index (χ2n) is 8.59. The average Bonchev–Trinajstić information content (AvgIpc) is 3.42. The lowest BCUT2D eigenvalue weighted by Crippen LogP contribution is -2.34. The first kappa shape index (κ1) is 22.8. The maximum atomic E-state index is 12.6. The number of carbonyl (C=O) groups is 1. The molecule has 1 atom stereocenters. The second kappa shape index (κ2) is 10.1. The zero-order valence-corrected chi connectivity index (χ0v) is 19.3. The predicted octanol–water partition coefficient (Wildman–Crippen LogP) is 3.16. The van der Waals surface area contributed by atoms with Crippen molar-refractivity contribution in [3.63, 3.8) is 0 Å². The molecule has 0 unspecified atom stereocenters. The fourth-order valence-corrected chi connectivity index (χ4v) is 4.11. The fraction of sp³-hybridized carbons (Fsp3) is 0.458. The Balaban J connectivity index is 1.47. The quantitative estimate of drug-likeness (QED) is 0.540. The molecule has 3 aromatic rings. The number of phenols is 1. The molecule has 0 bridgehead atoms. The standard InChI is InChI=1S/C24H31N5O4/c1-4-33-20-13-17(5-6-19(20)30)14-28-9-7-21-26-27-23(29(21)11-10-28)22(16(2)3)25-24(31)18-8-12-32-15-18/h5-6,8,12-13,15-16,22,30H,4,7,9-11,14H2,1-3H3,(H,25,31)/t22-/m0/s1. The number of nitrogens with zero attached hydrogens (tertiary/aromatic N) is 4. The van der Waals surface area contributed by atoms with Gasteiger partial charge in [-0.25, -0.2) is 0 Å². The SMILES string of the molecule is CCOc1cc(CN2CCc3nnc([C@@H](NC(=O)c4ccoc4)C(C)C)n3CC2)ccc1O. The van der Waals surface area contributed by atoms with Crippen molar-refractivity contribution in [3.8, 4) is 11.5 Å². The number of carbonyl (C=O) groups excluding carboxylic acids is 1. The first-order valence-electron chi connectivity index (χ1n) is 11.4. The molecule has 176 valence electrons. The second-order valence-corrected chi connectivity index (χ2v) is 8.59. The van der Waals surface area contributed by atoms with Crippen molar-refractivity contribution in [1.82, 2.24) is 25.0 Å². The van der Waals surface area contributed by atoms with E-state index in [-0.39, 0.29) is 23.6 Å². The van der Waals surface area contributed by atoms with Crippen LogP contribution in [-0.4, -0.2) is 50.4 Å². The maximum absolute atomic E-state index is 12.6. The summed E-state index contributed by atoms with van der Waals surface area (Å²) in [5.74, 6) is 2.33. The molecule has 0 fully saturated rings. The van der Waals surface area contributed by atoms with Crippen LogP contribution in [0.25, 0.3) is 0 Å². The number of rotatable bonds is 8. The zero-order valence-electron chi connectivity index (χ0n) is 19.3. The highest BCUT2D eigenvalue weighted by atomic mass is 16.5. The normalized spacial score (nSPS) is 15.2. The third-order valence-electron chi connectivity index (χ3n) is 5.89. The van der Waals surface area contributed by atoms with Crippen molar-refractivity contribution in [3.05, 3.63) is 59.6 Å². The highest BCUT2D eigenvalue weighted by Gasteiger charge is 2.28. The van der Waals surface area contributed by atoms with Gasteiger partial charge in [-0.2, -0.15) is 0 Å². The molecule has 0 radical (unpaired) electrons. The molecule has 1 aliphatic rings. The third-order valence-corrected chi connectivity index (χ3v) is 5.89. The van der Waals surface area contributed by atoms with Gasteiger partial charge in [-0.1, -0.05) is 19.9 Å². The molecule has 9 heteroatoms. The molecule has 4 rings (SSSR count). The van der Waals surface area contributed by atoms with E-state index < -0.39 is 0 Å². The maximum Gasteiger partial charge on any atom is 0.255 e. The molecular weight excluding hydrogens is 422 g/mol. The third kappa shape index (κ3) is 5.19. The van der Waals surface area contributed by atoms with Crippen LogP contribution in [0.4, 0.5) is 0 Å². The molecule has 2 aromatic heterocycles. The zero-order chi connectivity index (χ0) is 23.4. The van der Waals surface area contributed by atoms with Gasteiger partial charge in [-0.05, 0) is 36.6 Å². The van der Waals surface area contributed by atoms with Gasteiger partial charge in [0.15, 0.2) is 17.3 Å². The summed E-state index contributed by atoms with van der Waals surface area (Å²) in [5, 5.41) is 22.0. The van der Waals surface area contributed by atoms with E-state index in [1.807, 2.05) is 19.1 Å². The van der Waals surface area contributed by atoms with Gasteiger partial charge in [0.1, 0.15) is 12.1 Å². The molecule has 0 saturated carbocycles.